The maximum atomic E-state index is 12.6. The zero-order chi connectivity index (χ0) is 12.3. The van der Waals surface area contributed by atoms with Gasteiger partial charge in [0.1, 0.15) is 0 Å². The predicted octanol–water partition coefficient (Wildman–Crippen LogP) is 1.98. The Morgan fingerprint density at radius 2 is 2.06 bits per heavy atom. The second-order valence-electron chi connectivity index (χ2n) is 4.21. The van der Waals surface area contributed by atoms with Gasteiger partial charge in [-0.15, -0.1) is 0 Å². The minimum absolute atomic E-state index is 0.0134. The summed E-state index contributed by atoms with van der Waals surface area (Å²) in [5.74, 6) is -4.37. The molecule has 0 aliphatic carbocycles. The number of hydrogen-bond acceptors (Lipinski definition) is 2. The highest BCUT2D eigenvalue weighted by Crippen LogP contribution is 2.37. The van der Waals surface area contributed by atoms with Crippen molar-refractivity contribution in [3.63, 3.8) is 0 Å². The first-order valence-electron chi connectivity index (χ1n) is 5.38. The molecule has 1 rings (SSSR count). The molecule has 0 bridgehead atoms. The van der Waals surface area contributed by atoms with Crippen LogP contribution in [0.1, 0.15) is 19.8 Å². The molecular weight excluding hydrogens is 223 g/mol. The van der Waals surface area contributed by atoms with E-state index in [1.165, 1.54) is 0 Å². The maximum Gasteiger partial charge on any atom is 0.393 e. The molecule has 1 aliphatic rings. The van der Waals surface area contributed by atoms with Crippen LogP contribution >= 0.6 is 0 Å². The first-order chi connectivity index (χ1) is 7.36. The van der Waals surface area contributed by atoms with E-state index >= 15 is 0 Å². The minimum atomic E-state index is -4.41. The topological polar surface area (TPSA) is 40.5 Å². The third-order valence-electron chi connectivity index (χ3n) is 2.96. The van der Waals surface area contributed by atoms with E-state index in [1.807, 2.05) is 6.92 Å². The number of carbonyl (C=O) groups is 1. The molecule has 1 aliphatic heterocycles. The molecule has 0 aromatic heterocycles. The average molecular weight is 239 g/mol. The van der Waals surface area contributed by atoms with Gasteiger partial charge in [0.05, 0.1) is 11.8 Å². The van der Waals surface area contributed by atoms with Gasteiger partial charge in [0, 0.05) is 13.1 Å². The van der Waals surface area contributed by atoms with Gasteiger partial charge < -0.3 is 10.0 Å². The lowest BCUT2D eigenvalue weighted by atomic mass is 9.96. The molecule has 0 unspecified atom stereocenters. The number of carboxylic acid groups (broad SMARTS) is 1. The fourth-order valence-corrected chi connectivity index (χ4v) is 2.03. The SMILES string of the molecule is CCCCN1C[C@@H](C(F)(F)F)[C@H](C(=O)O)C1. The highest BCUT2D eigenvalue weighted by Gasteiger charge is 2.52. The Hall–Kier alpha value is -0.780. The van der Waals surface area contributed by atoms with Gasteiger partial charge >= 0.3 is 12.1 Å². The lowest BCUT2D eigenvalue weighted by Gasteiger charge is -2.18. The van der Waals surface area contributed by atoms with Crippen molar-refractivity contribution in [1.29, 1.82) is 0 Å². The number of nitrogens with zero attached hydrogens (tertiary/aromatic N) is 1. The van der Waals surface area contributed by atoms with Gasteiger partial charge in [-0.25, -0.2) is 0 Å². The molecule has 94 valence electrons. The van der Waals surface area contributed by atoms with Crippen molar-refractivity contribution in [3.8, 4) is 0 Å². The van der Waals surface area contributed by atoms with Crippen molar-refractivity contribution >= 4 is 5.97 Å². The number of aliphatic carboxylic acids is 1. The van der Waals surface area contributed by atoms with Crippen molar-refractivity contribution in [2.45, 2.75) is 25.9 Å². The molecule has 0 amide bonds. The van der Waals surface area contributed by atoms with Crippen molar-refractivity contribution in [1.82, 2.24) is 4.90 Å². The number of likely N-dealkylation sites (tertiary alicyclic amines) is 1. The summed E-state index contributed by atoms with van der Waals surface area (Å²) >= 11 is 0. The van der Waals surface area contributed by atoms with Crippen LogP contribution in [0.4, 0.5) is 13.2 Å². The molecule has 0 spiro atoms. The van der Waals surface area contributed by atoms with Gasteiger partial charge in [-0.1, -0.05) is 13.3 Å². The Kier molecular flexibility index (Phi) is 4.18. The summed E-state index contributed by atoms with van der Waals surface area (Å²) in [5, 5.41) is 8.76. The fraction of sp³-hybridized carbons (Fsp3) is 0.900. The van der Waals surface area contributed by atoms with Gasteiger partial charge in [-0.3, -0.25) is 4.79 Å². The summed E-state index contributed by atoms with van der Waals surface area (Å²) in [5.41, 5.74) is 0. The molecule has 0 saturated carbocycles. The van der Waals surface area contributed by atoms with Crippen LogP contribution in [0.15, 0.2) is 0 Å². The first kappa shape index (κ1) is 13.3. The molecule has 2 atom stereocenters. The standard InChI is InChI=1S/C10H16F3NO2/c1-2-3-4-14-5-7(9(15)16)8(6-14)10(11,12)13/h7-8H,2-6H2,1H3,(H,15,16)/t7-,8-/m1/s1. The van der Waals surface area contributed by atoms with Crippen LogP contribution in [0, 0.1) is 11.8 Å². The quantitative estimate of drug-likeness (QED) is 0.815. The molecule has 1 N–H and O–H groups in total. The van der Waals surface area contributed by atoms with E-state index in [0.717, 1.165) is 12.8 Å². The summed E-state index contributed by atoms with van der Waals surface area (Å²) in [4.78, 5) is 12.3. The van der Waals surface area contributed by atoms with Crippen LogP contribution in [0.2, 0.25) is 0 Å². The van der Waals surface area contributed by atoms with E-state index in [9.17, 15) is 18.0 Å². The Morgan fingerprint density at radius 3 is 2.44 bits per heavy atom. The van der Waals surface area contributed by atoms with Crippen LogP contribution in [0.25, 0.3) is 0 Å². The normalized spacial score (nSPS) is 27.2. The highest BCUT2D eigenvalue weighted by molar-refractivity contribution is 5.71. The van der Waals surface area contributed by atoms with Crippen molar-refractivity contribution in [2.75, 3.05) is 19.6 Å². The average Bonchev–Trinajstić information content (AvgIpc) is 2.58. The van der Waals surface area contributed by atoms with Gasteiger partial charge in [-0.05, 0) is 13.0 Å². The molecule has 0 radical (unpaired) electrons. The summed E-state index contributed by atoms with van der Waals surface area (Å²) in [7, 11) is 0. The maximum absolute atomic E-state index is 12.6. The number of unbranched alkanes of at least 4 members (excludes halogenated alkanes) is 1. The van der Waals surface area contributed by atoms with Crippen LogP contribution < -0.4 is 0 Å². The molecule has 3 nitrogen and oxygen atoms in total. The Labute approximate surface area is 92.2 Å². The van der Waals surface area contributed by atoms with E-state index in [2.05, 4.69) is 0 Å². The van der Waals surface area contributed by atoms with Gasteiger partial charge in [0.2, 0.25) is 0 Å². The highest BCUT2D eigenvalue weighted by atomic mass is 19.4. The van der Waals surface area contributed by atoms with E-state index in [4.69, 9.17) is 5.11 Å². The number of alkyl halides is 3. The smallest absolute Gasteiger partial charge is 0.393 e. The second kappa shape index (κ2) is 5.03. The van der Waals surface area contributed by atoms with Gasteiger partial charge in [-0.2, -0.15) is 13.2 Å². The molecule has 1 fully saturated rings. The first-order valence-corrected chi connectivity index (χ1v) is 5.38. The molecule has 1 saturated heterocycles. The lowest BCUT2D eigenvalue weighted by molar-refractivity contribution is -0.188. The van der Waals surface area contributed by atoms with Crippen molar-refractivity contribution in [2.24, 2.45) is 11.8 Å². The Morgan fingerprint density at radius 1 is 1.44 bits per heavy atom. The number of hydrogen-bond donors (Lipinski definition) is 1. The van der Waals surface area contributed by atoms with Gasteiger partial charge in [0.15, 0.2) is 0 Å². The molecular formula is C10H16F3NO2. The Balaban J connectivity index is 2.65. The van der Waals surface area contributed by atoms with E-state index in [-0.39, 0.29) is 13.1 Å². The number of rotatable bonds is 4. The Bertz CT molecular complexity index is 255. The van der Waals surface area contributed by atoms with Crippen LogP contribution in [0.5, 0.6) is 0 Å². The summed E-state index contributed by atoms with van der Waals surface area (Å²) in [6.45, 7) is 2.33. The van der Waals surface area contributed by atoms with Crippen LogP contribution in [-0.2, 0) is 4.79 Å². The van der Waals surface area contributed by atoms with Crippen molar-refractivity contribution < 1.29 is 23.1 Å². The summed E-state index contributed by atoms with van der Waals surface area (Å²) in [6, 6.07) is 0. The second-order valence-corrected chi connectivity index (χ2v) is 4.21. The van der Waals surface area contributed by atoms with Gasteiger partial charge in [0.25, 0.3) is 0 Å². The fourth-order valence-electron chi connectivity index (χ4n) is 2.03. The molecule has 0 aromatic rings. The number of halogens is 3. The molecule has 0 aromatic carbocycles. The molecule has 1 heterocycles. The molecule has 6 heteroatoms. The largest absolute Gasteiger partial charge is 0.481 e. The summed E-state index contributed by atoms with van der Waals surface area (Å²) in [6.07, 6.45) is -2.72. The predicted molar refractivity (Wildman–Crippen MR) is 52.0 cm³/mol. The molecule has 16 heavy (non-hydrogen) atoms. The monoisotopic (exact) mass is 239 g/mol. The van der Waals surface area contributed by atoms with Crippen LogP contribution in [0.3, 0.4) is 0 Å². The minimum Gasteiger partial charge on any atom is -0.481 e. The van der Waals surface area contributed by atoms with E-state index < -0.39 is 24.0 Å². The third-order valence-corrected chi connectivity index (χ3v) is 2.96. The zero-order valence-electron chi connectivity index (χ0n) is 9.13. The lowest BCUT2D eigenvalue weighted by Crippen LogP contribution is -2.33. The third kappa shape index (κ3) is 3.10. The summed E-state index contributed by atoms with van der Waals surface area (Å²) < 4.78 is 37.7. The number of carboxylic acids is 1. The van der Waals surface area contributed by atoms with Crippen LogP contribution in [-0.4, -0.2) is 41.8 Å². The van der Waals surface area contributed by atoms with E-state index in [1.54, 1.807) is 4.90 Å². The van der Waals surface area contributed by atoms with E-state index in [0.29, 0.717) is 6.54 Å². The zero-order valence-corrected chi connectivity index (χ0v) is 9.13. The van der Waals surface area contributed by atoms with Crippen molar-refractivity contribution in [3.05, 3.63) is 0 Å².